The Morgan fingerprint density at radius 1 is 1.40 bits per heavy atom. The minimum absolute atomic E-state index is 0.767. The second-order valence-corrected chi connectivity index (χ2v) is 3.61. The fourth-order valence-electron chi connectivity index (χ4n) is 1.26. The van der Waals surface area contributed by atoms with Gasteiger partial charge in [0.2, 0.25) is 0 Å². The smallest absolute Gasteiger partial charge is 0.319 e. The largest absolute Gasteiger partial charge is 0.330 e. The number of azo groups is 1. The van der Waals surface area contributed by atoms with Crippen molar-refractivity contribution in [1.29, 1.82) is 0 Å². The van der Waals surface area contributed by atoms with Crippen molar-refractivity contribution >= 4 is 5.82 Å². The summed E-state index contributed by atoms with van der Waals surface area (Å²) in [6.45, 7) is 3.55. The monoisotopic (exact) mass is 210 g/mol. The zero-order chi connectivity index (χ0) is 11.1. The maximum absolute atomic E-state index is 5.40. The second-order valence-electron chi connectivity index (χ2n) is 3.61. The van der Waals surface area contributed by atoms with Gasteiger partial charge in [0.15, 0.2) is 5.82 Å². The maximum Gasteiger partial charge on any atom is 0.319 e. The van der Waals surface area contributed by atoms with Crippen LogP contribution in [-0.4, -0.2) is 18.1 Å². The summed E-state index contributed by atoms with van der Waals surface area (Å²) in [5.41, 5.74) is 5.40. The number of aromatic nitrogens is 2. The van der Waals surface area contributed by atoms with Gasteiger partial charge in [-0.3, -0.25) is 4.98 Å². The fourth-order valence-corrected chi connectivity index (χ4v) is 1.26. The Kier molecular flexibility index (Phi) is 4.97. The summed E-state index contributed by atoms with van der Waals surface area (Å²) in [5.74, 6) is 1.94. The number of nitrogens with one attached hydrogen (secondary N) is 1. The minimum Gasteiger partial charge on any atom is -0.330 e. The number of H-pyrrole nitrogens is 1. The van der Waals surface area contributed by atoms with Crippen LogP contribution in [-0.2, 0) is 7.05 Å². The number of hydrogen-bond donors (Lipinski definition) is 2. The number of nitrogens with two attached hydrogens (primary N) is 1. The van der Waals surface area contributed by atoms with Gasteiger partial charge in [-0.1, -0.05) is 6.42 Å². The Bertz CT molecular complexity index is 316. The van der Waals surface area contributed by atoms with Gasteiger partial charge < -0.3 is 5.73 Å². The summed E-state index contributed by atoms with van der Waals surface area (Å²) in [6, 6.07) is 0. The number of aryl methyl sites for hydroxylation is 1. The quantitative estimate of drug-likeness (QED) is 0.415. The van der Waals surface area contributed by atoms with E-state index in [4.69, 9.17) is 5.73 Å². The van der Waals surface area contributed by atoms with E-state index < -0.39 is 0 Å². The summed E-state index contributed by atoms with van der Waals surface area (Å²) >= 11 is 0. The lowest BCUT2D eigenvalue weighted by molar-refractivity contribution is -0.663. The third-order valence-electron chi connectivity index (χ3n) is 2.39. The van der Waals surface area contributed by atoms with Gasteiger partial charge in [-0.2, -0.15) is 0 Å². The summed E-state index contributed by atoms with van der Waals surface area (Å²) in [4.78, 5) is 3.09. The highest BCUT2D eigenvalue weighted by Crippen LogP contribution is 2.05. The van der Waals surface area contributed by atoms with Gasteiger partial charge in [0.25, 0.3) is 0 Å². The van der Waals surface area contributed by atoms with Crippen LogP contribution < -0.4 is 10.3 Å². The minimum atomic E-state index is 0.767. The molecular formula is C10H20N5+. The molecule has 15 heavy (non-hydrogen) atoms. The molecule has 1 aromatic rings. The molecule has 1 heterocycles. The lowest BCUT2D eigenvalue weighted by atomic mass is 10.2. The van der Waals surface area contributed by atoms with Crippen LogP contribution in [0.25, 0.3) is 0 Å². The zero-order valence-corrected chi connectivity index (χ0v) is 9.53. The van der Waals surface area contributed by atoms with Gasteiger partial charge in [0.05, 0.1) is 13.6 Å². The standard InChI is InChI=1S/C10H19N5/c1-9-12-8-10(15(9)2)14-13-7-5-3-4-6-11/h8H,3-7,11H2,1-2H3/p+1. The number of nitrogens with zero attached hydrogens (tertiary/aromatic N) is 3. The van der Waals surface area contributed by atoms with Gasteiger partial charge in [-0.05, 0) is 19.4 Å². The van der Waals surface area contributed by atoms with E-state index >= 15 is 0 Å². The number of hydrogen-bond acceptors (Lipinski definition) is 3. The molecule has 84 valence electrons. The van der Waals surface area contributed by atoms with Gasteiger partial charge >= 0.3 is 5.82 Å². The van der Waals surface area contributed by atoms with E-state index in [9.17, 15) is 0 Å². The number of imidazole rings is 1. The van der Waals surface area contributed by atoms with Crippen LogP contribution in [0.15, 0.2) is 16.4 Å². The van der Waals surface area contributed by atoms with Crippen molar-refractivity contribution in [3.05, 3.63) is 12.0 Å². The predicted octanol–water partition coefficient (Wildman–Crippen LogP) is 1.36. The Labute approximate surface area is 90.4 Å². The van der Waals surface area contributed by atoms with Crippen molar-refractivity contribution in [2.75, 3.05) is 13.1 Å². The summed E-state index contributed by atoms with van der Waals surface area (Å²) in [6.07, 6.45) is 5.13. The molecule has 0 aliphatic heterocycles. The van der Waals surface area contributed by atoms with Gasteiger partial charge in [-0.25, -0.2) is 4.57 Å². The predicted molar refractivity (Wildman–Crippen MR) is 59.0 cm³/mol. The molecule has 0 fully saturated rings. The van der Waals surface area contributed by atoms with Crippen molar-refractivity contribution in [3.8, 4) is 0 Å². The zero-order valence-electron chi connectivity index (χ0n) is 9.53. The van der Waals surface area contributed by atoms with Crippen LogP contribution in [0.3, 0.4) is 0 Å². The van der Waals surface area contributed by atoms with E-state index in [2.05, 4.69) is 15.2 Å². The highest BCUT2D eigenvalue weighted by Gasteiger charge is 2.07. The van der Waals surface area contributed by atoms with Crippen molar-refractivity contribution in [3.63, 3.8) is 0 Å². The lowest BCUT2D eigenvalue weighted by Crippen LogP contribution is -2.29. The number of rotatable bonds is 6. The van der Waals surface area contributed by atoms with Crippen molar-refractivity contribution in [2.24, 2.45) is 23.0 Å². The molecule has 0 atom stereocenters. The van der Waals surface area contributed by atoms with Gasteiger partial charge in [0, 0.05) is 12.0 Å². The molecular weight excluding hydrogens is 190 g/mol. The van der Waals surface area contributed by atoms with E-state index in [1.54, 1.807) is 0 Å². The van der Waals surface area contributed by atoms with Gasteiger partial charge in [0.1, 0.15) is 6.20 Å². The molecule has 0 aliphatic carbocycles. The van der Waals surface area contributed by atoms with Crippen molar-refractivity contribution in [2.45, 2.75) is 26.2 Å². The molecule has 0 saturated heterocycles. The van der Waals surface area contributed by atoms with Crippen molar-refractivity contribution in [1.82, 2.24) is 4.98 Å². The first-order valence-electron chi connectivity index (χ1n) is 5.37. The molecule has 3 N–H and O–H groups in total. The Hall–Kier alpha value is -1.23. The first kappa shape index (κ1) is 11.8. The van der Waals surface area contributed by atoms with Crippen LogP contribution in [0.5, 0.6) is 0 Å². The van der Waals surface area contributed by atoms with Crippen molar-refractivity contribution < 1.29 is 4.57 Å². The summed E-state index contributed by atoms with van der Waals surface area (Å²) < 4.78 is 1.98. The molecule has 0 aromatic carbocycles. The average molecular weight is 210 g/mol. The van der Waals surface area contributed by atoms with Crippen LogP contribution in [0.1, 0.15) is 25.1 Å². The molecule has 0 saturated carbocycles. The van der Waals surface area contributed by atoms with E-state index in [0.717, 1.165) is 44.0 Å². The summed E-state index contributed by atoms with van der Waals surface area (Å²) in [7, 11) is 1.97. The second kappa shape index (κ2) is 6.29. The Morgan fingerprint density at radius 2 is 2.20 bits per heavy atom. The summed E-state index contributed by atoms with van der Waals surface area (Å²) in [5, 5.41) is 8.28. The van der Waals surface area contributed by atoms with E-state index in [-0.39, 0.29) is 0 Å². The van der Waals surface area contributed by atoms with E-state index in [1.807, 2.05) is 24.7 Å². The van der Waals surface area contributed by atoms with Crippen LogP contribution in [0.4, 0.5) is 5.82 Å². The molecule has 0 amide bonds. The highest BCUT2D eigenvalue weighted by atomic mass is 15.2. The SMILES string of the molecule is Cc1[nH]cc(N=NCCCCCN)[n+]1C. The third-order valence-corrected chi connectivity index (χ3v) is 2.39. The number of unbranched alkanes of at least 4 members (excludes halogenated alkanes) is 2. The Morgan fingerprint density at radius 3 is 2.80 bits per heavy atom. The first-order valence-corrected chi connectivity index (χ1v) is 5.37. The highest BCUT2D eigenvalue weighted by molar-refractivity contribution is 5.13. The fraction of sp³-hybridized carbons (Fsp3) is 0.700. The first-order chi connectivity index (χ1) is 7.25. The topological polar surface area (TPSA) is 70.4 Å². The molecule has 0 unspecified atom stereocenters. The van der Waals surface area contributed by atoms with Crippen LogP contribution in [0.2, 0.25) is 0 Å². The molecule has 5 heteroatoms. The van der Waals surface area contributed by atoms with E-state index in [0.29, 0.717) is 0 Å². The Balaban J connectivity index is 2.29. The molecule has 5 nitrogen and oxygen atoms in total. The van der Waals surface area contributed by atoms with Crippen LogP contribution in [0, 0.1) is 6.92 Å². The van der Waals surface area contributed by atoms with Gasteiger partial charge in [-0.15, -0.1) is 5.11 Å². The molecule has 0 spiro atoms. The molecule has 0 bridgehead atoms. The molecule has 1 rings (SSSR count). The molecule has 0 aliphatic rings. The van der Waals surface area contributed by atoms with E-state index in [1.165, 1.54) is 0 Å². The lowest BCUT2D eigenvalue weighted by Gasteiger charge is -1.91. The molecule has 0 radical (unpaired) electrons. The average Bonchev–Trinajstić information content (AvgIpc) is 2.54. The molecule has 1 aromatic heterocycles. The number of aromatic amines is 1. The normalized spacial score (nSPS) is 11.4. The maximum atomic E-state index is 5.40. The third kappa shape index (κ3) is 3.79. The van der Waals surface area contributed by atoms with Crippen LogP contribution >= 0.6 is 0 Å².